The Kier molecular flexibility index (Phi) is 7.77. The van der Waals surface area contributed by atoms with Gasteiger partial charge in [0.15, 0.2) is 0 Å². The normalized spacial score (nSPS) is 15.2. The zero-order valence-electron chi connectivity index (χ0n) is 9.64. The second-order valence-electron chi connectivity index (χ2n) is 3.65. The molecule has 0 nitrogen and oxygen atoms in total. The average molecular weight is 180 g/mol. The summed E-state index contributed by atoms with van der Waals surface area (Å²) in [5.41, 5.74) is 1.52. The molecule has 1 atom stereocenters. The summed E-state index contributed by atoms with van der Waals surface area (Å²) in [4.78, 5) is 0. The quantitative estimate of drug-likeness (QED) is 0.519. The van der Waals surface area contributed by atoms with Gasteiger partial charge in [-0.2, -0.15) is 0 Å². The van der Waals surface area contributed by atoms with E-state index in [2.05, 4.69) is 45.9 Å². The van der Waals surface area contributed by atoms with Gasteiger partial charge in [-0.05, 0) is 38.5 Å². The number of hydrogen-bond acceptors (Lipinski definition) is 0. The summed E-state index contributed by atoms with van der Waals surface area (Å²) in [6, 6.07) is 0. The number of rotatable bonds is 6. The highest BCUT2D eigenvalue weighted by atomic mass is 14.0. The van der Waals surface area contributed by atoms with Crippen LogP contribution < -0.4 is 0 Å². The van der Waals surface area contributed by atoms with Crippen molar-refractivity contribution >= 4 is 0 Å². The first-order valence-corrected chi connectivity index (χ1v) is 5.56. The maximum absolute atomic E-state index is 2.43. The van der Waals surface area contributed by atoms with E-state index in [0.29, 0.717) is 0 Å². The smallest absolute Gasteiger partial charge is 0.0199 e. The van der Waals surface area contributed by atoms with Crippen molar-refractivity contribution in [2.45, 2.75) is 53.4 Å². The first-order valence-electron chi connectivity index (χ1n) is 5.56. The molecule has 0 aliphatic carbocycles. The minimum Gasteiger partial charge on any atom is -0.0888 e. The average Bonchev–Trinajstić information content (AvgIpc) is 2.16. The Labute approximate surface area is 83.7 Å². The first-order chi connectivity index (χ1) is 6.24. The molecule has 0 bridgehead atoms. The first kappa shape index (κ1) is 12.5. The van der Waals surface area contributed by atoms with Gasteiger partial charge in [-0.1, -0.05) is 44.6 Å². The van der Waals surface area contributed by atoms with Gasteiger partial charge in [0.25, 0.3) is 0 Å². The molecule has 0 fully saturated rings. The summed E-state index contributed by atoms with van der Waals surface area (Å²) < 4.78 is 0. The Morgan fingerprint density at radius 2 is 1.85 bits per heavy atom. The summed E-state index contributed by atoms with van der Waals surface area (Å²) in [7, 11) is 0. The van der Waals surface area contributed by atoms with Gasteiger partial charge in [-0.25, -0.2) is 0 Å². The van der Waals surface area contributed by atoms with Crippen LogP contribution in [-0.4, -0.2) is 0 Å². The van der Waals surface area contributed by atoms with E-state index in [1.807, 2.05) is 0 Å². The molecule has 0 saturated carbocycles. The van der Waals surface area contributed by atoms with Crippen LogP contribution in [0.3, 0.4) is 0 Å². The van der Waals surface area contributed by atoms with Crippen molar-refractivity contribution in [3.05, 3.63) is 23.8 Å². The molecule has 0 amide bonds. The van der Waals surface area contributed by atoms with Crippen LogP contribution in [-0.2, 0) is 0 Å². The highest BCUT2D eigenvalue weighted by molar-refractivity contribution is 5.02. The van der Waals surface area contributed by atoms with Crippen LogP contribution in [0.1, 0.15) is 53.4 Å². The summed E-state index contributed by atoms with van der Waals surface area (Å²) in [5.74, 6) is 0.753. The minimum atomic E-state index is 0.753. The van der Waals surface area contributed by atoms with Gasteiger partial charge >= 0.3 is 0 Å². The third kappa shape index (κ3) is 6.62. The molecule has 76 valence electrons. The Balaban J connectivity index is 3.96. The van der Waals surface area contributed by atoms with E-state index in [1.54, 1.807) is 0 Å². The van der Waals surface area contributed by atoms with Crippen molar-refractivity contribution in [1.82, 2.24) is 0 Å². The molecule has 0 radical (unpaired) electrons. The predicted molar refractivity (Wildman–Crippen MR) is 61.9 cm³/mol. The summed E-state index contributed by atoms with van der Waals surface area (Å²) in [6.45, 7) is 8.90. The molecular formula is C13H24. The predicted octanol–water partition coefficient (Wildman–Crippen LogP) is 4.73. The number of allylic oxidation sites excluding steroid dienone is 4. The third-order valence-corrected chi connectivity index (χ3v) is 2.44. The van der Waals surface area contributed by atoms with E-state index in [9.17, 15) is 0 Å². The van der Waals surface area contributed by atoms with E-state index in [1.165, 1.54) is 24.8 Å². The van der Waals surface area contributed by atoms with Gasteiger partial charge in [0.1, 0.15) is 0 Å². The number of hydrogen-bond donors (Lipinski definition) is 0. The fourth-order valence-electron chi connectivity index (χ4n) is 1.31. The Bertz CT molecular complexity index is 163. The molecule has 13 heavy (non-hydrogen) atoms. The van der Waals surface area contributed by atoms with Crippen molar-refractivity contribution in [2.75, 3.05) is 0 Å². The summed E-state index contributed by atoms with van der Waals surface area (Å²) >= 11 is 0. The Morgan fingerprint density at radius 1 is 1.15 bits per heavy atom. The van der Waals surface area contributed by atoms with Crippen LogP contribution in [0.2, 0.25) is 0 Å². The van der Waals surface area contributed by atoms with Gasteiger partial charge in [0, 0.05) is 0 Å². The van der Waals surface area contributed by atoms with Gasteiger partial charge in [0.2, 0.25) is 0 Å². The van der Waals surface area contributed by atoms with Gasteiger partial charge < -0.3 is 0 Å². The fourth-order valence-corrected chi connectivity index (χ4v) is 1.31. The van der Waals surface area contributed by atoms with Crippen molar-refractivity contribution in [3.63, 3.8) is 0 Å². The molecule has 0 aromatic rings. The molecule has 0 N–H and O–H groups in total. The lowest BCUT2D eigenvalue weighted by Gasteiger charge is -2.08. The monoisotopic (exact) mass is 180 g/mol. The summed E-state index contributed by atoms with van der Waals surface area (Å²) in [6.07, 6.45) is 11.8. The lowest BCUT2D eigenvalue weighted by molar-refractivity contribution is 0.630. The highest BCUT2D eigenvalue weighted by Gasteiger charge is 1.99. The van der Waals surface area contributed by atoms with Crippen LogP contribution >= 0.6 is 0 Å². The second-order valence-corrected chi connectivity index (χ2v) is 3.65. The van der Waals surface area contributed by atoms with Crippen LogP contribution in [0.5, 0.6) is 0 Å². The molecule has 0 heterocycles. The Morgan fingerprint density at radius 3 is 2.31 bits per heavy atom. The SMILES string of the molecule is CC/C=C\CC(/C=C(/C)CC)CC. The molecule has 0 heteroatoms. The van der Waals surface area contributed by atoms with E-state index < -0.39 is 0 Å². The molecule has 0 spiro atoms. The van der Waals surface area contributed by atoms with Gasteiger partial charge in [0.05, 0.1) is 0 Å². The fraction of sp³-hybridized carbons (Fsp3) is 0.692. The van der Waals surface area contributed by atoms with E-state index >= 15 is 0 Å². The lowest BCUT2D eigenvalue weighted by atomic mass is 9.98. The topological polar surface area (TPSA) is 0 Å². The molecule has 0 aliphatic rings. The highest BCUT2D eigenvalue weighted by Crippen LogP contribution is 2.14. The minimum absolute atomic E-state index is 0.753. The van der Waals surface area contributed by atoms with E-state index in [-0.39, 0.29) is 0 Å². The molecule has 0 aliphatic heterocycles. The maximum atomic E-state index is 2.43. The van der Waals surface area contributed by atoms with Crippen LogP contribution in [0, 0.1) is 5.92 Å². The third-order valence-electron chi connectivity index (χ3n) is 2.44. The van der Waals surface area contributed by atoms with Crippen LogP contribution in [0.25, 0.3) is 0 Å². The van der Waals surface area contributed by atoms with Crippen molar-refractivity contribution in [3.8, 4) is 0 Å². The standard InChI is InChI=1S/C13H24/c1-5-8-9-10-13(7-3)11-12(4)6-2/h8-9,11,13H,5-7,10H2,1-4H3/b9-8-,12-11-. The van der Waals surface area contributed by atoms with E-state index in [0.717, 1.165) is 12.3 Å². The largest absolute Gasteiger partial charge is 0.0888 e. The second kappa shape index (κ2) is 8.10. The van der Waals surface area contributed by atoms with E-state index in [4.69, 9.17) is 0 Å². The van der Waals surface area contributed by atoms with Gasteiger partial charge in [-0.15, -0.1) is 0 Å². The van der Waals surface area contributed by atoms with Crippen LogP contribution in [0.4, 0.5) is 0 Å². The van der Waals surface area contributed by atoms with Gasteiger partial charge in [-0.3, -0.25) is 0 Å². The maximum Gasteiger partial charge on any atom is -0.0199 e. The van der Waals surface area contributed by atoms with Crippen molar-refractivity contribution in [2.24, 2.45) is 5.92 Å². The zero-order chi connectivity index (χ0) is 10.1. The molecule has 0 aromatic heterocycles. The Hall–Kier alpha value is -0.520. The zero-order valence-corrected chi connectivity index (χ0v) is 9.64. The molecule has 0 rings (SSSR count). The van der Waals surface area contributed by atoms with Crippen molar-refractivity contribution < 1.29 is 0 Å². The lowest BCUT2D eigenvalue weighted by Crippen LogP contribution is -1.93. The molecule has 1 unspecified atom stereocenters. The molecule has 0 saturated heterocycles. The van der Waals surface area contributed by atoms with Crippen LogP contribution in [0.15, 0.2) is 23.8 Å². The molecular weight excluding hydrogens is 156 g/mol. The molecule has 0 aromatic carbocycles. The summed E-state index contributed by atoms with van der Waals surface area (Å²) in [5, 5.41) is 0. The van der Waals surface area contributed by atoms with Crippen molar-refractivity contribution in [1.29, 1.82) is 0 Å².